The summed E-state index contributed by atoms with van der Waals surface area (Å²) in [5, 5.41) is 13.9. The van der Waals surface area contributed by atoms with Crippen LogP contribution in [-0.4, -0.2) is 73.6 Å². The molecule has 0 saturated carbocycles. The molecule has 5 N–H and O–H groups in total. The molecule has 1 aromatic heterocycles. The Balaban J connectivity index is 0.000000815. The predicted octanol–water partition coefficient (Wildman–Crippen LogP) is 6.48. The number of benzene rings is 3. The van der Waals surface area contributed by atoms with Crippen molar-refractivity contribution in [2.24, 2.45) is 0 Å². The van der Waals surface area contributed by atoms with Crippen molar-refractivity contribution in [1.29, 1.82) is 0 Å². The number of halogens is 4. The molecule has 0 aliphatic carbocycles. The number of nitrogen functional groups attached to an aromatic ring is 1. The van der Waals surface area contributed by atoms with Crippen molar-refractivity contribution in [3.8, 4) is 5.75 Å². The van der Waals surface area contributed by atoms with Gasteiger partial charge < -0.3 is 30.5 Å². The van der Waals surface area contributed by atoms with E-state index < -0.39 is 51.2 Å². The van der Waals surface area contributed by atoms with E-state index in [-0.39, 0.29) is 16.6 Å². The van der Waals surface area contributed by atoms with Crippen molar-refractivity contribution in [3.05, 3.63) is 83.8 Å². The first-order chi connectivity index (χ1) is 24.9. The standard InChI is InChI=1S/C33H36FN5O6S.C2HF3O2/c1-19(2)46(42,43)29-12-9-23(38-33(41)45-4)18-25(29)27-6-5-15-39(27)32(40)30(21-7-11-26(34)28(17-21)44-3)37-22-8-10-24-20(16-22)13-14-36-31(24)35;3-2(4,5)1(6)7/h7-14,16-19,27,30,37H,5-6,15H2,1-4H3,(H2,35,36)(H,38,41);(H,6,7)/t27-,30+;/m1./s1. The molecule has 2 heterocycles. The van der Waals surface area contributed by atoms with Gasteiger partial charge in [-0.1, -0.05) is 6.07 Å². The van der Waals surface area contributed by atoms with Gasteiger partial charge in [0.05, 0.1) is 30.4 Å². The molecule has 1 aliphatic heterocycles. The number of anilines is 3. The Labute approximate surface area is 302 Å². The topological polar surface area (TPSA) is 190 Å². The number of hydrogen-bond acceptors (Lipinski definition) is 10. The van der Waals surface area contributed by atoms with E-state index in [9.17, 15) is 35.6 Å². The molecular weight excluding hydrogens is 726 g/mol. The number of sulfone groups is 1. The summed E-state index contributed by atoms with van der Waals surface area (Å²) in [7, 11) is -1.20. The van der Waals surface area contributed by atoms with Crippen LogP contribution in [0.3, 0.4) is 0 Å². The third-order valence-electron chi connectivity index (χ3n) is 8.37. The number of pyridine rings is 1. The molecule has 4 aromatic rings. The van der Waals surface area contributed by atoms with Crippen LogP contribution < -0.4 is 21.1 Å². The second kappa shape index (κ2) is 16.4. The van der Waals surface area contributed by atoms with Crippen LogP contribution in [0.4, 0.5) is 39.5 Å². The highest BCUT2D eigenvalue weighted by Crippen LogP contribution is 2.40. The number of ether oxygens (including phenoxy) is 2. The van der Waals surface area contributed by atoms with Crippen LogP contribution in [0.1, 0.15) is 49.9 Å². The first-order valence-corrected chi connectivity index (χ1v) is 17.5. The van der Waals surface area contributed by atoms with Gasteiger partial charge in [-0.05, 0) is 97.8 Å². The Kier molecular flexibility index (Phi) is 12.4. The number of nitrogens with zero attached hydrogens (tertiary/aromatic N) is 2. The fourth-order valence-corrected chi connectivity index (χ4v) is 6.98. The molecule has 1 aliphatic rings. The predicted molar refractivity (Wildman–Crippen MR) is 188 cm³/mol. The highest BCUT2D eigenvalue weighted by molar-refractivity contribution is 7.92. The van der Waals surface area contributed by atoms with E-state index in [0.29, 0.717) is 47.7 Å². The normalized spacial score (nSPS) is 15.0. The lowest BCUT2D eigenvalue weighted by Crippen LogP contribution is -2.38. The van der Waals surface area contributed by atoms with E-state index in [1.165, 1.54) is 44.6 Å². The Morgan fingerprint density at radius 2 is 1.70 bits per heavy atom. The molecule has 5 rings (SSSR count). The van der Waals surface area contributed by atoms with Crippen molar-refractivity contribution in [3.63, 3.8) is 0 Å². The molecule has 2 amide bonds. The van der Waals surface area contributed by atoms with Gasteiger partial charge in [-0.15, -0.1) is 0 Å². The fraction of sp³-hybridized carbons (Fsp3) is 0.314. The zero-order valence-electron chi connectivity index (χ0n) is 28.9. The lowest BCUT2D eigenvalue weighted by Gasteiger charge is -2.32. The third-order valence-corrected chi connectivity index (χ3v) is 10.6. The summed E-state index contributed by atoms with van der Waals surface area (Å²) in [6.07, 6.45) is -3.12. The largest absolute Gasteiger partial charge is 0.494 e. The van der Waals surface area contributed by atoms with Gasteiger partial charge in [0.25, 0.3) is 0 Å². The first kappa shape index (κ1) is 40.1. The number of aliphatic carboxylic acids is 1. The number of nitrogens with two attached hydrogens (primary N) is 1. The Morgan fingerprint density at radius 1 is 1.02 bits per heavy atom. The number of amides is 2. The van der Waals surface area contributed by atoms with Gasteiger partial charge in [-0.25, -0.2) is 27.4 Å². The molecule has 0 spiro atoms. The van der Waals surface area contributed by atoms with Gasteiger partial charge in [0.15, 0.2) is 21.4 Å². The lowest BCUT2D eigenvalue weighted by atomic mass is 10.0. The van der Waals surface area contributed by atoms with Crippen LogP contribution in [0.5, 0.6) is 5.75 Å². The minimum absolute atomic E-state index is 0.0284. The van der Waals surface area contributed by atoms with Gasteiger partial charge in [0, 0.05) is 29.5 Å². The van der Waals surface area contributed by atoms with Crippen molar-refractivity contribution in [1.82, 2.24) is 9.88 Å². The number of rotatable bonds is 9. The number of carbonyl (C=O) groups is 3. The van der Waals surface area contributed by atoms with Crippen molar-refractivity contribution < 1.29 is 54.9 Å². The van der Waals surface area contributed by atoms with Crippen molar-refractivity contribution >= 4 is 55.8 Å². The first-order valence-electron chi connectivity index (χ1n) is 16.0. The number of alkyl halides is 3. The van der Waals surface area contributed by atoms with Gasteiger partial charge in [0.2, 0.25) is 5.91 Å². The van der Waals surface area contributed by atoms with E-state index in [1.54, 1.807) is 49.2 Å². The smallest absolute Gasteiger partial charge is 0.490 e. The van der Waals surface area contributed by atoms with Crippen LogP contribution in [0.2, 0.25) is 0 Å². The second-order valence-electron chi connectivity index (χ2n) is 12.1. The zero-order chi connectivity index (χ0) is 39.2. The number of nitrogens with one attached hydrogen (secondary N) is 2. The van der Waals surface area contributed by atoms with Crippen molar-refractivity contribution in [2.45, 2.75) is 55.1 Å². The Hall–Kier alpha value is -5.65. The number of fused-ring (bicyclic) bond motifs is 1. The van der Waals surface area contributed by atoms with E-state index in [1.807, 2.05) is 6.07 Å². The van der Waals surface area contributed by atoms with E-state index in [4.69, 9.17) is 25.1 Å². The number of hydrogen-bond donors (Lipinski definition) is 4. The number of carbonyl (C=O) groups excluding carboxylic acids is 2. The van der Waals surface area contributed by atoms with E-state index in [0.717, 1.165) is 10.8 Å². The maximum atomic E-state index is 14.6. The van der Waals surface area contributed by atoms with Crippen molar-refractivity contribution in [2.75, 3.05) is 37.1 Å². The van der Waals surface area contributed by atoms with Gasteiger partial charge in [0.1, 0.15) is 11.9 Å². The zero-order valence-corrected chi connectivity index (χ0v) is 29.7. The van der Waals surface area contributed by atoms with Gasteiger partial charge in [-0.3, -0.25) is 10.1 Å². The highest BCUT2D eigenvalue weighted by Gasteiger charge is 2.39. The second-order valence-corrected chi connectivity index (χ2v) is 14.5. The third kappa shape index (κ3) is 9.24. The molecule has 0 unspecified atom stereocenters. The number of carboxylic acids is 1. The average molecular weight is 764 g/mol. The quantitative estimate of drug-likeness (QED) is 0.137. The van der Waals surface area contributed by atoms with E-state index in [2.05, 4.69) is 15.6 Å². The molecule has 18 heteroatoms. The molecule has 1 fully saturated rings. The number of methoxy groups -OCH3 is 2. The molecule has 13 nitrogen and oxygen atoms in total. The Morgan fingerprint density at radius 3 is 2.32 bits per heavy atom. The molecular formula is C35H37F4N5O8S. The summed E-state index contributed by atoms with van der Waals surface area (Å²) in [6.45, 7) is 3.52. The lowest BCUT2D eigenvalue weighted by molar-refractivity contribution is -0.192. The Bertz CT molecular complexity index is 2110. The highest BCUT2D eigenvalue weighted by atomic mass is 32.2. The van der Waals surface area contributed by atoms with Gasteiger partial charge >= 0.3 is 18.2 Å². The number of likely N-dealkylation sites (tertiary alicyclic amines) is 1. The molecule has 53 heavy (non-hydrogen) atoms. The number of carboxylic acid groups (broad SMARTS) is 1. The van der Waals surface area contributed by atoms with Crippen LogP contribution in [-0.2, 0) is 24.2 Å². The van der Waals surface area contributed by atoms with Crippen LogP contribution in [0.25, 0.3) is 10.8 Å². The monoisotopic (exact) mass is 763 g/mol. The summed E-state index contributed by atoms with van der Waals surface area (Å²) in [6, 6.07) is 14.3. The SMILES string of the molecule is COC(=O)Nc1ccc(S(=O)(=O)C(C)C)c([C@H]2CCCN2C(=O)[C@@H](Nc2ccc3c(N)nccc3c2)c2ccc(F)c(OC)c2)c1.O=C(O)C(F)(F)F. The maximum Gasteiger partial charge on any atom is 0.490 e. The maximum absolute atomic E-state index is 14.6. The summed E-state index contributed by atoms with van der Waals surface area (Å²) < 4.78 is 83.2. The van der Waals surface area contributed by atoms with Crippen LogP contribution >= 0.6 is 0 Å². The molecule has 284 valence electrons. The summed E-state index contributed by atoms with van der Waals surface area (Å²) in [4.78, 5) is 41.3. The van der Waals surface area contributed by atoms with E-state index >= 15 is 0 Å². The molecule has 0 radical (unpaired) electrons. The summed E-state index contributed by atoms with van der Waals surface area (Å²) >= 11 is 0. The summed E-state index contributed by atoms with van der Waals surface area (Å²) in [5.74, 6) is -3.35. The molecule has 3 aromatic carbocycles. The average Bonchev–Trinajstić information content (AvgIpc) is 3.60. The fourth-order valence-electron chi connectivity index (χ4n) is 5.69. The molecule has 0 bridgehead atoms. The molecule has 1 saturated heterocycles. The number of aromatic nitrogens is 1. The van der Waals surface area contributed by atoms with Crippen LogP contribution in [0, 0.1) is 5.82 Å². The minimum Gasteiger partial charge on any atom is -0.494 e. The summed E-state index contributed by atoms with van der Waals surface area (Å²) in [5.41, 5.74) is 7.79. The minimum atomic E-state index is -5.08. The van der Waals surface area contributed by atoms with Crippen LogP contribution in [0.15, 0.2) is 71.8 Å². The van der Waals surface area contributed by atoms with Gasteiger partial charge in [-0.2, -0.15) is 13.2 Å². The molecule has 2 atom stereocenters.